The molecule has 7 heteroatoms. The second-order valence-electron chi connectivity index (χ2n) is 4.23. The molecule has 0 aliphatic rings. The normalized spacial score (nSPS) is 10.6. The summed E-state index contributed by atoms with van der Waals surface area (Å²) in [5, 5.41) is 7.83. The summed E-state index contributed by atoms with van der Waals surface area (Å²) in [6.45, 7) is 4.57. The van der Waals surface area contributed by atoms with Gasteiger partial charge in [-0.1, -0.05) is 11.3 Å². The van der Waals surface area contributed by atoms with Crippen molar-refractivity contribution in [1.82, 2.24) is 20.0 Å². The van der Waals surface area contributed by atoms with Gasteiger partial charge in [-0.2, -0.15) is 0 Å². The predicted molar refractivity (Wildman–Crippen MR) is 71.9 cm³/mol. The van der Waals surface area contributed by atoms with Crippen LogP contribution in [0.3, 0.4) is 0 Å². The van der Waals surface area contributed by atoms with Crippen LogP contribution in [0.5, 0.6) is 0 Å². The molecule has 2 aromatic heterocycles. The number of carbonyl (C=O) groups excluding carboxylic acids is 1. The number of ether oxygens (including phenoxy) is 1. The van der Waals surface area contributed by atoms with E-state index in [2.05, 4.69) is 15.3 Å². The molecule has 0 aromatic carbocycles. The first kappa shape index (κ1) is 14.1. The maximum atomic E-state index is 11.7. The molecule has 0 aliphatic heterocycles. The van der Waals surface area contributed by atoms with Gasteiger partial charge in [0, 0.05) is 12.7 Å². The average Bonchev–Trinajstić information content (AvgIpc) is 2.84. The number of aromatic nitrogens is 4. The fourth-order valence-corrected chi connectivity index (χ4v) is 1.85. The second-order valence-corrected chi connectivity index (χ2v) is 4.23. The van der Waals surface area contributed by atoms with E-state index in [0.29, 0.717) is 12.2 Å². The van der Waals surface area contributed by atoms with Crippen LogP contribution in [0.1, 0.15) is 34.4 Å². The maximum absolute atomic E-state index is 11.7. The second kappa shape index (κ2) is 6.25. The largest absolute Gasteiger partial charge is 0.461 e. The Morgan fingerprint density at radius 3 is 2.95 bits per heavy atom. The Bertz CT molecular complexity index is 609. The number of carbonyl (C=O) groups is 1. The third kappa shape index (κ3) is 2.83. The Kier molecular flexibility index (Phi) is 4.41. The van der Waals surface area contributed by atoms with Crippen molar-refractivity contribution in [2.24, 2.45) is 5.73 Å². The molecular weight excluding hydrogens is 258 g/mol. The highest BCUT2D eigenvalue weighted by Gasteiger charge is 2.20. The maximum Gasteiger partial charge on any atom is 0.360 e. The molecule has 0 aliphatic carbocycles. The molecule has 0 radical (unpaired) electrons. The van der Waals surface area contributed by atoms with Crippen molar-refractivity contribution in [3.8, 4) is 0 Å². The SMILES string of the molecule is CCOC(=O)c1nnn(Cc2ncccc2C)c1CN. The quantitative estimate of drug-likeness (QED) is 0.805. The summed E-state index contributed by atoms with van der Waals surface area (Å²) in [6, 6.07) is 3.84. The molecule has 0 amide bonds. The minimum absolute atomic E-state index is 0.160. The van der Waals surface area contributed by atoms with Crippen LogP contribution < -0.4 is 5.73 Å². The zero-order valence-electron chi connectivity index (χ0n) is 11.5. The van der Waals surface area contributed by atoms with E-state index in [1.807, 2.05) is 19.1 Å². The van der Waals surface area contributed by atoms with Crippen molar-refractivity contribution < 1.29 is 9.53 Å². The zero-order valence-corrected chi connectivity index (χ0v) is 11.5. The molecule has 2 aromatic rings. The molecule has 106 valence electrons. The molecule has 0 bridgehead atoms. The number of rotatable bonds is 5. The van der Waals surface area contributed by atoms with E-state index >= 15 is 0 Å². The fourth-order valence-electron chi connectivity index (χ4n) is 1.85. The third-order valence-electron chi connectivity index (χ3n) is 2.92. The Morgan fingerprint density at radius 2 is 2.30 bits per heavy atom. The number of hydrogen-bond acceptors (Lipinski definition) is 6. The summed E-state index contributed by atoms with van der Waals surface area (Å²) >= 11 is 0. The summed E-state index contributed by atoms with van der Waals surface area (Å²) in [6.07, 6.45) is 1.72. The Balaban J connectivity index is 2.29. The van der Waals surface area contributed by atoms with E-state index < -0.39 is 5.97 Å². The van der Waals surface area contributed by atoms with Gasteiger partial charge >= 0.3 is 5.97 Å². The number of hydrogen-bond donors (Lipinski definition) is 1. The zero-order chi connectivity index (χ0) is 14.5. The molecule has 0 saturated carbocycles. The van der Waals surface area contributed by atoms with E-state index in [9.17, 15) is 4.79 Å². The van der Waals surface area contributed by atoms with Crippen molar-refractivity contribution in [2.45, 2.75) is 26.9 Å². The monoisotopic (exact) mass is 275 g/mol. The van der Waals surface area contributed by atoms with Crippen molar-refractivity contribution in [2.75, 3.05) is 6.61 Å². The van der Waals surface area contributed by atoms with Crippen LogP contribution in [-0.4, -0.2) is 32.6 Å². The lowest BCUT2D eigenvalue weighted by Gasteiger charge is -2.07. The molecular formula is C13H17N5O2. The predicted octanol–water partition coefficient (Wildman–Crippen LogP) is 0.665. The van der Waals surface area contributed by atoms with Gasteiger partial charge in [-0.3, -0.25) is 4.98 Å². The van der Waals surface area contributed by atoms with Crippen molar-refractivity contribution in [1.29, 1.82) is 0 Å². The topological polar surface area (TPSA) is 95.9 Å². The van der Waals surface area contributed by atoms with Crippen LogP contribution in [0.15, 0.2) is 18.3 Å². The van der Waals surface area contributed by atoms with Crippen LogP contribution in [-0.2, 0) is 17.8 Å². The molecule has 20 heavy (non-hydrogen) atoms. The van der Waals surface area contributed by atoms with Crippen LogP contribution in [0.25, 0.3) is 0 Å². The molecule has 7 nitrogen and oxygen atoms in total. The fraction of sp³-hybridized carbons (Fsp3) is 0.385. The van der Waals surface area contributed by atoms with Gasteiger partial charge < -0.3 is 10.5 Å². The van der Waals surface area contributed by atoms with Gasteiger partial charge in [0.2, 0.25) is 0 Å². The molecule has 2 rings (SSSR count). The first-order valence-electron chi connectivity index (χ1n) is 6.37. The molecule has 2 N–H and O–H groups in total. The number of nitrogens with zero attached hydrogens (tertiary/aromatic N) is 4. The standard InChI is InChI=1S/C13H17N5O2/c1-3-20-13(19)12-11(7-14)18(17-16-12)8-10-9(2)5-4-6-15-10/h4-6H,3,7-8,14H2,1-2H3. The van der Waals surface area contributed by atoms with Crippen molar-refractivity contribution in [3.63, 3.8) is 0 Å². The lowest BCUT2D eigenvalue weighted by Crippen LogP contribution is -2.15. The third-order valence-corrected chi connectivity index (χ3v) is 2.92. The van der Waals surface area contributed by atoms with E-state index in [4.69, 9.17) is 10.5 Å². The lowest BCUT2D eigenvalue weighted by molar-refractivity contribution is 0.0518. The van der Waals surface area contributed by atoms with Gasteiger partial charge in [0.25, 0.3) is 0 Å². The highest BCUT2D eigenvalue weighted by atomic mass is 16.5. The number of pyridine rings is 1. The lowest BCUT2D eigenvalue weighted by atomic mass is 10.2. The Morgan fingerprint density at radius 1 is 1.50 bits per heavy atom. The summed E-state index contributed by atoms with van der Waals surface area (Å²) < 4.78 is 6.52. The first-order valence-corrected chi connectivity index (χ1v) is 6.37. The van der Waals surface area contributed by atoms with Crippen LogP contribution >= 0.6 is 0 Å². The van der Waals surface area contributed by atoms with Gasteiger partial charge in [-0.05, 0) is 25.5 Å². The van der Waals surface area contributed by atoms with Gasteiger partial charge in [0.15, 0.2) is 5.69 Å². The van der Waals surface area contributed by atoms with E-state index in [1.54, 1.807) is 17.8 Å². The molecule has 0 saturated heterocycles. The summed E-state index contributed by atoms with van der Waals surface area (Å²) in [5.74, 6) is -0.503. The van der Waals surface area contributed by atoms with Crippen molar-refractivity contribution >= 4 is 5.97 Å². The summed E-state index contributed by atoms with van der Waals surface area (Å²) in [4.78, 5) is 16.0. The molecule has 0 atom stereocenters. The van der Waals surface area contributed by atoms with Gasteiger partial charge in [-0.25, -0.2) is 9.48 Å². The Hall–Kier alpha value is -2.28. The Labute approximate surface area is 116 Å². The minimum atomic E-state index is -0.503. The van der Waals surface area contributed by atoms with E-state index in [-0.39, 0.29) is 18.8 Å². The first-order chi connectivity index (χ1) is 9.67. The average molecular weight is 275 g/mol. The molecule has 2 heterocycles. The van der Waals surface area contributed by atoms with E-state index in [1.165, 1.54) is 0 Å². The smallest absolute Gasteiger partial charge is 0.360 e. The van der Waals surface area contributed by atoms with E-state index in [0.717, 1.165) is 11.3 Å². The highest BCUT2D eigenvalue weighted by molar-refractivity contribution is 5.88. The van der Waals surface area contributed by atoms with Gasteiger partial charge in [0.05, 0.1) is 24.5 Å². The number of aryl methyl sites for hydroxylation is 1. The minimum Gasteiger partial charge on any atom is -0.461 e. The molecule has 0 fully saturated rings. The van der Waals surface area contributed by atoms with Gasteiger partial charge in [0.1, 0.15) is 0 Å². The van der Waals surface area contributed by atoms with Crippen LogP contribution in [0, 0.1) is 6.92 Å². The highest BCUT2D eigenvalue weighted by Crippen LogP contribution is 2.11. The van der Waals surface area contributed by atoms with Gasteiger partial charge in [-0.15, -0.1) is 5.10 Å². The number of esters is 1. The number of nitrogens with two attached hydrogens (primary N) is 1. The van der Waals surface area contributed by atoms with Crippen LogP contribution in [0.2, 0.25) is 0 Å². The molecule has 0 unspecified atom stereocenters. The summed E-state index contributed by atoms with van der Waals surface area (Å²) in [7, 11) is 0. The van der Waals surface area contributed by atoms with Crippen molar-refractivity contribution in [3.05, 3.63) is 41.0 Å². The summed E-state index contributed by atoms with van der Waals surface area (Å²) in [5.41, 5.74) is 8.32. The molecule has 0 spiro atoms. The van der Waals surface area contributed by atoms with Crippen LogP contribution in [0.4, 0.5) is 0 Å².